The summed E-state index contributed by atoms with van der Waals surface area (Å²) in [5, 5.41) is 2.92. The van der Waals surface area contributed by atoms with Crippen molar-refractivity contribution in [1.29, 1.82) is 0 Å². The topological polar surface area (TPSA) is 81.8 Å². The molecule has 1 N–H and O–H groups in total. The number of nitrogens with one attached hydrogen (secondary N) is 1. The van der Waals surface area contributed by atoms with Gasteiger partial charge in [0.1, 0.15) is 5.15 Å². The number of aromatic nitrogens is 4. The third kappa shape index (κ3) is 3.90. The first kappa shape index (κ1) is 18.9. The fourth-order valence-electron chi connectivity index (χ4n) is 3.20. The van der Waals surface area contributed by atoms with E-state index in [1.165, 1.54) is 6.20 Å². The number of pyridine rings is 2. The number of rotatable bonds is 6. The van der Waals surface area contributed by atoms with E-state index < -0.39 is 0 Å². The van der Waals surface area contributed by atoms with Crippen molar-refractivity contribution in [3.63, 3.8) is 0 Å². The number of nitrogens with zero attached hydrogens (tertiary/aromatic N) is 4. The Morgan fingerprint density at radius 2 is 1.72 bits per heavy atom. The Morgan fingerprint density at radius 3 is 2.52 bits per heavy atom. The molecule has 0 saturated carbocycles. The van der Waals surface area contributed by atoms with Crippen molar-refractivity contribution in [2.75, 3.05) is 6.54 Å². The average Bonchev–Trinajstić information content (AvgIpc) is 3.01. The Labute approximate surface area is 171 Å². The van der Waals surface area contributed by atoms with Gasteiger partial charge in [0.25, 0.3) is 5.91 Å². The molecular weight excluding hydrogens is 390 g/mol. The third-order valence-corrected chi connectivity index (χ3v) is 4.88. The van der Waals surface area contributed by atoms with Gasteiger partial charge in [-0.3, -0.25) is 13.9 Å². The molecule has 0 aliphatic rings. The number of amides is 1. The van der Waals surface area contributed by atoms with E-state index in [1.54, 1.807) is 33.5 Å². The monoisotopic (exact) mass is 407 g/mol. The summed E-state index contributed by atoms with van der Waals surface area (Å²) in [4.78, 5) is 33.6. The van der Waals surface area contributed by atoms with Crippen molar-refractivity contribution in [2.45, 2.75) is 13.1 Å². The van der Waals surface area contributed by atoms with Gasteiger partial charge in [0.05, 0.1) is 17.6 Å². The molecule has 1 amide bonds. The van der Waals surface area contributed by atoms with Crippen LogP contribution >= 0.6 is 11.6 Å². The van der Waals surface area contributed by atoms with Crippen LogP contribution in [-0.4, -0.2) is 31.6 Å². The second-order valence-electron chi connectivity index (χ2n) is 6.45. The molecule has 0 bridgehead atoms. The summed E-state index contributed by atoms with van der Waals surface area (Å²) in [5.74, 6) is -0.336. The van der Waals surface area contributed by atoms with Gasteiger partial charge in [-0.1, -0.05) is 41.9 Å². The number of benzene rings is 1. The lowest BCUT2D eigenvalue weighted by Gasteiger charge is -2.07. The number of imidazole rings is 1. The van der Waals surface area contributed by atoms with Crippen molar-refractivity contribution in [2.24, 2.45) is 0 Å². The zero-order chi connectivity index (χ0) is 20.2. The van der Waals surface area contributed by atoms with Crippen LogP contribution in [0.4, 0.5) is 0 Å². The Hall–Kier alpha value is -3.45. The van der Waals surface area contributed by atoms with Crippen LogP contribution in [0, 0.1) is 0 Å². The maximum Gasteiger partial charge on any atom is 0.330 e. The van der Waals surface area contributed by atoms with E-state index in [0.717, 1.165) is 11.1 Å². The molecule has 29 heavy (non-hydrogen) atoms. The van der Waals surface area contributed by atoms with E-state index in [0.29, 0.717) is 17.8 Å². The molecule has 8 heteroatoms. The first-order valence-corrected chi connectivity index (χ1v) is 9.49. The highest BCUT2D eigenvalue weighted by atomic mass is 35.5. The minimum atomic E-state index is -0.336. The quantitative estimate of drug-likeness (QED) is 0.498. The van der Waals surface area contributed by atoms with Crippen LogP contribution < -0.4 is 11.0 Å². The summed E-state index contributed by atoms with van der Waals surface area (Å²) < 4.78 is 3.26. The predicted octanol–water partition coefficient (Wildman–Crippen LogP) is 2.72. The standard InChI is InChI=1S/C21H18ClN5O2/c22-18-16(8-4-10-23-18)20(28)25-12-13-26-19-17(9-5-11-24-19)27(21(26)29)14-15-6-2-1-3-7-15/h1-11H,12-14H2,(H,25,28). The molecular formula is C21H18ClN5O2. The number of carbonyl (C=O) groups is 1. The second-order valence-corrected chi connectivity index (χ2v) is 6.81. The number of carbonyl (C=O) groups excluding carboxylic acids is 1. The molecule has 0 saturated heterocycles. The number of hydrogen-bond acceptors (Lipinski definition) is 4. The third-order valence-electron chi connectivity index (χ3n) is 4.58. The molecule has 3 heterocycles. The van der Waals surface area contributed by atoms with Gasteiger partial charge in [-0.05, 0) is 29.8 Å². The maximum atomic E-state index is 13.0. The molecule has 146 valence electrons. The molecule has 4 aromatic rings. The van der Waals surface area contributed by atoms with Gasteiger partial charge in [0.2, 0.25) is 0 Å². The Morgan fingerprint density at radius 1 is 0.966 bits per heavy atom. The normalized spacial score (nSPS) is 10.9. The van der Waals surface area contributed by atoms with E-state index in [2.05, 4.69) is 15.3 Å². The minimum Gasteiger partial charge on any atom is -0.350 e. The van der Waals surface area contributed by atoms with E-state index in [9.17, 15) is 9.59 Å². The Kier molecular flexibility index (Phi) is 5.39. The van der Waals surface area contributed by atoms with Crippen molar-refractivity contribution in [3.05, 3.63) is 93.8 Å². The molecule has 0 unspecified atom stereocenters. The predicted molar refractivity (Wildman–Crippen MR) is 111 cm³/mol. The zero-order valence-electron chi connectivity index (χ0n) is 15.5. The van der Waals surface area contributed by atoms with Crippen molar-refractivity contribution < 1.29 is 4.79 Å². The van der Waals surface area contributed by atoms with Crippen LogP contribution in [0.3, 0.4) is 0 Å². The molecule has 0 spiro atoms. The molecule has 0 aliphatic heterocycles. The van der Waals surface area contributed by atoms with Crippen molar-refractivity contribution in [3.8, 4) is 0 Å². The first-order valence-electron chi connectivity index (χ1n) is 9.12. The van der Waals surface area contributed by atoms with Gasteiger partial charge in [-0.25, -0.2) is 14.8 Å². The van der Waals surface area contributed by atoms with E-state index in [1.807, 2.05) is 36.4 Å². The molecule has 0 fully saturated rings. The van der Waals surface area contributed by atoms with Crippen LogP contribution in [0.2, 0.25) is 5.15 Å². The molecule has 0 radical (unpaired) electrons. The fourth-order valence-corrected chi connectivity index (χ4v) is 3.40. The van der Waals surface area contributed by atoms with Gasteiger partial charge in [-0.15, -0.1) is 0 Å². The highest BCUT2D eigenvalue weighted by Crippen LogP contribution is 2.13. The average molecular weight is 408 g/mol. The van der Waals surface area contributed by atoms with Gasteiger partial charge in [-0.2, -0.15) is 0 Å². The molecule has 3 aromatic heterocycles. The summed E-state index contributed by atoms with van der Waals surface area (Å²) in [6.45, 7) is 0.995. The fraction of sp³-hybridized carbons (Fsp3) is 0.143. The van der Waals surface area contributed by atoms with Gasteiger partial charge in [0, 0.05) is 25.5 Å². The van der Waals surface area contributed by atoms with Crippen LogP contribution in [0.15, 0.2) is 71.8 Å². The summed E-state index contributed by atoms with van der Waals surface area (Å²) >= 11 is 5.96. The lowest BCUT2D eigenvalue weighted by Crippen LogP contribution is -2.32. The Bertz CT molecular complexity index is 1220. The smallest absolute Gasteiger partial charge is 0.330 e. The van der Waals surface area contributed by atoms with Crippen molar-refractivity contribution in [1.82, 2.24) is 24.4 Å². The van der Waals surface area contributed by atoms with Crippen molar-refractivity contribution >= 4 is 28.7 Å². The van der Waals surface area contributed by atoms with Gasteiger partial charge >= 0.3 is 5.69 Å². The Balaban J connectivity index is 1.56. The summed E-state index contributed by atoms with van der Waals surface area (Å²) in [5.41, 5.74) is 2.49. The lowest BCUT2D eigenvalue weighted by atomic mass is 10.2. The molecule has 0 aliphatic carbocycles. The van der Waals surface area contributed by atoms with Gasteiger partial charge < -0.3 is 5.32 Å². The van der Waals surface area contributed by atoms with Gasteiger partial charge in [0.15, 0.2) is 5.65 Å². The number of fused-ring (bicyclic) bond motifs is 1. The van der Waals surface area contributed by atoms with E-state index in [-0.39, 0.29) is 29.8 Å². The summed E-state index contributed by atoms with van der Waals surface area (Å²) in [7, 11) is 0. The lowest BCUT2D eigenvalue weighted by molar-refractivity contribution is 0.0952. The first-order chi connectivity index (χ1) is 14.1. The molecule has 1 aromatic carbocycles. The van der Waals surface area contributed by atoms with Crippen LogP contribution in [0.1, 0.15) is 15.9 Å². The molecule has 4 rings (SSSR count). The highest BCUT2D eigenvalue weighted by molar-refractivity contribution is 6.32. The second kappa shape index (κ2) is 8.28. The summed E-state index contributed by atoms with van der Waals surface area (Å²) in [6, 6.07) is 16.7. The van der Waals surface area contributed by atoms with E-state index in [4.69, 9.17) is 11.6 Å². The number of hydrogen-bond donors (Lipinski definition) is 1. The SMILES string of the molecule is O=C(NCCn1c(=O)n(Cc2ccccc2)c2cccnc21)c1cccnc1Cl. The van der Waals surface area contributed by atoms with Crippen LogP contribution in [0.5, 0.6) is 0 Å². The van der Waals surface area contributed by atoms with Crippen LogP contribution in [0.25, 0.3) is 11.2 Å². The maximum absolute atomic E-state index is 13.0. The van der Waals surface area contributed by atoms with Crippen LogP contribution in [-0.2, 0) is 13.1 Å². The zero-order valence-corrected chi connectivity index (χ0v) is 16.2. The highest BCUT2D eigenvalue weighted by Gasteiger charge is 2.15. The van der Waals surface area contributed by atoms with E-state index >= 15 is 0 Å². The molecule has 0 atom stereocenters. The molecule has 7 nitrogen and oxygen atoms in total. The number of halogens is 1. The summed E-state index contributed by atoms with van der Waals surface area (Å²) in [6.07, 6.45) is 3.17. The largest absolute Gasteiger partial charge is 0.350 e. The minimum absolute atomic E-state index is 0.142.